The van der Waals surface area contributed by atoms with Gasteiger partial charge in [-0.25, -0.2) is 0 Å². The van der Waals surface area contributed by atoms with Gasteiger partial charge in [0.2, 0.25) is 12.7 Å². The van der Waals surface area contributed by atoms with Crippen molar-refractivity contribution >= 4 is 28.9 Å². The number of fused-ring (bicyclic) bond motifs is 2. The smallest absolute Gasteiger partial charge is 0.262 e. The van der Waals surface area contributed by atoms with E-state index >= 15 is 0 Å². The van der Waals surface area contributed by atoms with Gasteiger partial charge in [0.15, 0.2) is 11.5 Å². The highest BCUT2D eigenvalue weighted by molar-refractivity contribution is 6.12. The Bertz CT molecular complexity index is 1140. The van der Waals surface area contributed by atoms with Gasteiger partial charge < -0.3 is 20.1 Å². The quantitative estimate of drug-likeness (QED) is 0.689. The van der Waals surface area contributed by atoms with E-state index in [-0.39, 0.29) is 18.6 Å². The van der Waals surface area contributed by atoms with Crippen molar-refractivity contribution in [2.75, 3.05) is 22.3 Å². The predicted octanol–water partition coefficient (Wildman–Crippen LogP) is 4.14. The fraction of sp³-hybridized carbons (Fsp3) is 0.130. The van der Waals surface area contributed by atoms with Crippen molar-refractivity contribution in [3.8, 4) is 11.5 Å². The molecule has 30 heavy (non-hydrogen) atoms. The van der Waals surface area contributed by atoms with E-state index in [0.717, 1.165) is 11.3 Å². The molecule has 0 aliphatic carbocycles. The first-order chi connectivity index (χ1) is 14.6. The summed E-state index contributed by atoms with van der Waals surface area (Å²) in [6.07, 6.45) is -0.431. The van der Waals surface area contributed by atoms with Crippen LogP contribution in [0.5, 0.6) is 11.5 Å². The first-order valence-corrected chi connectivity index (χ1v) is 9.56. The third kappa shape index (κ3) is 3.10. The molecule has 2 heterocycles. The number of carbonyl (C=O) groups excluding carboxylic acids is 2. The molecule has 0 spiro atoms. The zero-order chi connectivity index (χ0) is 20.7. The summed E-state index contributed by atoms with van der Waals surface area (Å²) in [5, 5.41) is 6.23. The van der Waals surface area contributed by atoms with Gasteiger partial charge in [0, 0.05) is 24.4 Å². The number of nitrogens with zero attached hydrogens (tertiary/aromatic N) is 1. The second kappa shape index (κ2) is 7.11. The van der Waals surface area contributed by atoms with Crippen molar-refractivity contribution in [3.05, 3.63) is 77.9 Å². The molecule has 2 amide bonds. The molecule has 2 aliphatic heterocycles. The Kier molecular flexibility index (Phi) is 4.28. The molecule has 7 heteroatoms. The maximum absolute atomic E-state index is 13.5. The average molecular weight is 401 g/mol. The van der Waals surface area contributed by atoms with Gasteiger partial charge >= 0.3 is 0 Å². The van der Waals surface area contributed by atoms with E-state index in [1.165, 1.54) is 6.92 Å². The van der Waals surface area contributed by atoms with Crippen molar-refractivity contribution in [3.63, 3.8) is 0 Å². The first-order valence-electron chi connectivity index (χ1n) is 9.56. The summed E-state index contributed by atoms with van der Waals surface area (Å²) in [6.45, 7) is 1.63. The van der Waals surface area contributed by atoms with Gasteiger partial charge in [-0.05, 0) is 42.0 Å². The minimum absolute atomic E-state index is 0.112. The molecule has 150 valence electrons. The number of benzene rings is 3. The van der Waals surface area contributed by atoms with E-state index in [4.69, 9.17) is 9.47 Å². The molecule has 0 saturated carbocycles. The summed E-state index contributed by atoms with van der Waals surface area (Å²) in [7, 11) is 0. The van der Waals surface area contributed by atoms with Crippen LogP contribution in [0.2, 0.25) is 0 Å². The Morgan fingerprint density at radius 1 is 1.03 bits per heavy atom. The van der Waals surface area contributed by atoms with Crippen LogP contribution < -0.4 is 25.0 Å². The minimum atomic E-state index is -0.431. The molecule has 2 N–H and O–H groups in total. The van der Waals surface area contributed by atoms with Crippen molar-refractivity contribution in [2.45, 2.75) is 13.1 Å². The summed E-state index contributed by atoms with van der Waals surface area (Å²) < 4.78 is 10.9. The minimum Gasteiger partial charge on any atom is -0.454 e. The zero-order valence-electron chi connectivity index (χ0n) is 16.2. The lowest BCUT2D eigenvalue weighted by molar-refractivity contribution is -0.114. The fourth-order valence-electron chi connectivity index (χ4n) is 3.74. The number of nitrogens with one attached hydrogen (secondary N) is 2. The molecule has 1 unspecified atom stereocenters. The Balaban J connectivity index is 1.58. The molecule has 3 aromatic carbocycles. The SMILES string of the molecule is CC(=O)Nc1ccc(C2Nc3ccccc3C(=O)N2c2ccc3c(c2)OCO3)cc1. The number of anilines is 3. The second-order valence-electron chi connectivity index (χ2n) is 7.11. The van der Waals surface area contributed by atoms with E-state index in [9.17, 15) is 9.59 Å². The van der Waals surface area contributed by atoms with Crippen molar-refractivity contribution in [1.82, 2.24) is 0 Å². The zero-order valence-corrected chi connectivity index (χ0v) is 16.2. The lowest BCUT2D eigenvalue weighted by Crippen LogP contribution is -2.43. The molecule has 5 rings (SSSR count). The van der Waals surface area contributed by atoms with Crippen molar-refractivity contribution < 1.29 is 19.1 Å². The monoisotopic (exact) mass is 401 g/mol. The first kappa shape index (κ1) is 18.1. The number of hydrogen-bond donors (Lipinski definition) is 2. The van der Waals surface area contributed by atoms with Crippen LogP contribution >= 0.6 is 0 Å². The highest BCUT2D eigenvalue weighted by atomic mass is 16.7. The molecular weight excluding hydrogens is 382 g/mol. The number of ether oxygens (including phenoxy) is 2. The molecule has 0 saturated heterocycles. The summed E-state index contributed by atoms with van der Waals surface area (Å²) >= 11 is 0. The van der Waals surface area contributed by atoms with Crippen LogP contribution in [0.3, 0.4) is 0 Å². The maximum atomic E-state index is 13.5. The Morgan fingerprint density at radius 3 is 2.60 bits per heavy atom. The number of rotatable bonds is 3. The number of hydrogen-bond acceptors (Lipinski definition) is 5. The van der Waals surface area contributed by atoms with Crippen molar-refractivity contribution in [2.24, 2.45) is 0 Å². The van der Waals surface area contributed by atoms with Crippen LogP contribution in [0, 0.1) is 0 Å². The van der Waals surface area contributed by atoms with E-state index in [2.05, 4.69) is 10.6 Å². The highest BCUT2D eigenvalue weighted by Crippen LogP contribution is 2.41. The molecule has 0 radical (unpaired) electrons. The average Bonchev–Trinajstić information content (AvgIpc) is 3.22. The number of para-hydroxylation sites is 1. The van der Waals surface area contributed by atoms with Crippen LogP contribution in [0.15, 0.2) is 66.7 Å². The molecule has 3 aromatic rings. The van der Waals surface area contributed by atoms with E-state index in [1.54, 1.807) is 11.0 Å². The van der Waals surface area contributed by atoms with E-state index < -0.39 is 6.17 Å². The standard InChI is InChI=1S/C23H19N3O4/c1-14(27)24-16-8-6-15(7-9-16)22-25-19-5-3-2-4-18(19)23(28)26(22)17-10-11-20-21(12-17)30-13-29-20/h2-12,22,25H,13H2,1H3,(H,24,27). The third-order valence-corrected chi connectivity index (χ3v) is 5.11. The fourth-order valence-corrected chi connectivity index (χ4v) is 3.74. The second-order valence-corrected chi connectivity index (χ2v) is 7.11. The Morgan fingerprint density at radius 2 is 1.80 bits per heavy atom. The van der Waals surface area contributed by atoms with Gasteiger partial charge in [0.05, 0.1) is 11.3 Å². The molecule has 0 fully saturated rings. The number of amides is 2. The maximum Gasteiger partial charge on any atom is 0.262 e. The summed E-state index contributed by atoms with van der Waals surface area (Å²) in [4.78, 5) is 26.5. The topological polar surface area (TPSA) is 79.9 Å². The lowest BCUT2D eigenvalue weighted by atomic mass is 10.0. The summed E-state index contributed by atoms with van der Waals surface area (Å²) in [6, 6.07) is 20.3. The molecule has 0 aromatic heterocycles. The van der Waals surface area contributed by atoms with Gasteiger partial charge in [-0.1, -0.05) is 24.3 Å². The van der Waals surface area contributed by atoms with Crippen LogP contribution in [-0.4, -0.2) is 18.6 Å². The molecular formula is C23H19N3O4. The highest BCUT2D eigenvalue weighted by Gasteiger charge is 2.34. The number of carbonyl (C=O) groups is 2. The van der Waals surface area contributed by atoms with Crippen molar-refractivity contribution in [1.29, 1.82) is 0 Å². The molecule has 1 atom stereocenters. The van der Waals surface area contributed by atoms with Gasteiger partial charge in [-0.3, -0.25) is 14.5 Å². The van der Waals surface area contributed by atoms with Gasteiger partial charge in [0.1, 0.15) is 6.17 Å². The Labute approximate surface area is 173 Å². The van der Waals surface area contributed by atoms with Crippen LogP contribution in [0.1, 0.15) is 29.0 Å². The lowest BCUT2D eigenvalue weighted by Gasteiger charge is -2.38. The van der Waals surface area contributed by atoms with Gasteiger partial charge in [0.25, 0.3) is 5.91 Å². The third-order valence-electron chi connectivity index (χ3n) is 5.11. The van der Waals surface area contributed by atoms with E-state index in [0.29, 0.717) is 28.4 Å². The van der Waals surface area contributed by atoms with Gasteiger partial charge in [-0.15, -0.1) is 0 Å². The van der Waals surface area contributed by atoms with Gasteiger partial charge in [-0.2, -0.15) is 0 Å². The Hall–Kier alpha value is -4.00. The van der Waals surface area contributed by atoms with Crippen LogP contribution in [0.4, 0.5) is 17.1 Å². The predicted molar refractivity (Wildman–Crippen MR) is 113 cm³/mol. The summed E-state index contributed by atoms with van der Waals surface area (Å²) in [5.74, 6) is 1.02. The van der Waals surface area contributed by atoms with Crippen LogP contribution in [0.25, 0.3) is 0 Å². The van der Waals surface area contributed by atoms with Crippen LogP contribution in [-0.2, 0) is 4.79 Å². The summed E-state index contributed by atoms with van der Waals surface area (Å²) in [5.41, 5.74) is 3.65. The van der Waals surface area contributed by atoms with E-state index in [1.807, 2.05) is 60.7 Å². The molecule has 2 aliphatic rings. The normalized spacial score (nSPS) is 16.6. The molecule has 7 nitrogen and oxygen atoms in total. The molecule has 0 bridgehead atoms. The largest absolute Gasteiger partial charge is 0.454 e.